The smallest absolute Gasteiger partial charge is 0.327 e. The molecule has 1 nitrogen and oxygen atoms in total. The van der Waals surface area contributed by atoms with Gasteiger partial charge in [-0.15, -0.1) is 0 Å². The average Bonchev–Trinajstić information content (AvgIpc) is 2.12. The Balaban J connectivity index is 2.44. The van der Waals surface area contributed by atoms with E-state index in [0.717, 1.165) is 0 Å². The first-order valence-corrected chi connectivity index (χ1v) is 3.90. The molecule has 1 fully saturated rings. The molecule has 2 atom stereocenters. The molecule has 1 aliphatic rings. The third-order valence-corrected chi connectivity index (χ3v) is 2.36. The molecule has 9 heavy (non-hydrogen) atoms. The zero-order chi connectivity index (χ0) is 6.85. The maximum absolute atomic E-state index is 5.60. The van der Waals surface area contributed by atoms with Crippen molar-refractivity contribution in [3.8, 4) is 0 Å². The molecule has 2 unspecified atom stereocenters. The summed E-state index contributed by atoms with van der Waals surface area (Å²) in [7, 11) is 0. The fraction of sp³-hybridized carbons (Fsp3) is 1.00. The lowest BCUT2D eigenvalue weighted by atomic mass is 10.2. The van der Waals surface area contributed by atoms with E-state index in [4.69, 9.17) is 11.5 Å². The molecule has 0 aromatic heterocycles. The number of rotatable bonds is 1. The number of nitrogens with zero attached hydrogens (tertiary/aromatic N) is 1. The Hall–Kier alpha value is 0.315. The normalized spacial score (nSPS) is 37.2. The van der Waals surface area contributed by atoms with E-state index in [1.807, 2.05) is 0 Å². The Labute approximate surface area is 62.5 Å². The van der Waals surface area contributed by atoms with Crippen LogP contribution in [0.5, 0.6) is 0 Å². The van der Waals surface area contributed by atoms with E-state index < -0.39 is 0 Å². The molecule has 0 aromatic rings. The largest absolute Gasteiger partial charge is 0.335 e. The molecule has 1 rings (SSSR count). The maximum atomic E-state index is 5.60. The molecule has 0 bridgehead atoms. The van der Waals surface area contributed by atoms with Crippen molar-refractivity contribution in [3.05, 3.63) is 0 Å². The molecular formula is C6H12BClN. The van der Waals surface area contributed by atoms with Crippen LogP contribution in [-0.2, 0) is 0 Å². The molecule has 0 N–H and O–H groups in total. The van der Waals surface area contributed by atoms with Crippen molar-refractivity contribution in [1.82, 2.24) is 4.81 Å². The molecule has 0 aromatic carbocycles. The zero-order valence-electron chi connectivity index (χ0n) is 5.97. The van der Waals surface area contributed by atoms with Crippen molar-refractivity contribution >= 4 is 18.3 Å². The van der Waals surface area contributed by atoms with Gasteiger partial charge in [0.25, 0.3) is 0 Å². The summed E-state index contributed by atoms with van der Waals surface area (Å²) in [4.78, 5) is 2.21. The van der Waals surface area contributed by atoms with Crippen LogP contribution in [0.2, 0.25) is 0 Å². The van der Waals surface area contributed by atoms with Gasteiger partial charge in [-0.2, -0.15) is 11.5 Å². The zero-order valence-corrected chi connectivity index (χ0v) is 6.73. The highest BCUT2D eigenvalue weighted by Crippen LogP contribution is 2.22. The first kappa shape index (κ1) is 7.42. The van der Waals surface area contributed by atoms with Gasteiger partial charge in [-0.3, -0.25) is 0 Å². The topological polar surface area (TPSA) is 3.24 Å². The molecule has 0 saturated carbocycles. The second kappa shape index (κ2) is 2.93. The minimum atomic E-state index is 0.650. The van der Waals surface area contributed by atoms with Gasteiger partial charge in [-0.05, 0) is 24.9 Å². The van der Waals surface area contributed by atoms with Crippen molar-refractivity contribution in [1.29, 1.82) is 0 Å². The van der Waals surface area contributed by atoms with Crippen molar-refractivity contribution < 1.29 is 0 Å². The highest BCUT2D eigenvalue weighted by Gasteiger charge is 2.26. The standard InChI is InChI=1S/C6H12BClN/c1-5-3-4-6(2)9(5)7-8/h5-6H,3-4H2,1-2H3. The third-order valence-electron chi connectivity index (χ3n) is 2.13. The quantitative estimate of drug-likeness (QED) is 0.506. The van der Waals surface area contributed by atoms with E-state index in [-0.39, 0.29) is 0 Å². The second-order valence-corrected chi connectivity index (χ2v) is 3.02. The molecule has 0 aliphatic carbocycles. The first-order valence-electron chi connectivity index (χ1n) is 3.46. The van der Waals surface area contributed by atoms with E-state index in [2.05, 4.69) is 18.7 Å². The van der Waals surface area contributed by atoms with Gasteiger partial charge in [0.15, 0.2) is 0 Å². The number of hydrogen-bond acceptors (Lipinski definition) is 1. The summed E-state index contributed by atoms with van der Waals surface area (Å²) >= 11 is 5.60. The minimum Gasteiger partial charge on any atom is -0.327 e. The van der Waals surface area contributed by atoms with E-state index >= 15 is 0 Å². The van der Waals surface area contributed by atoms with E-state index in [0.29, 0.717) is 12.1 Å². The fourth-order valence-corrected chi connectivity index (χ4v) is 1.79. The number of halogens is 1. The predicted octanol–water partition coefficient (Wildman–Crippen LogP) is 1.63. The molecule has 3 heteroatoms. The summed E-state index contributed by atoms with van der Waals surface area (Å²) < 4.78 is 0. The van der Waals surface area contributed by atoms with Crippen LogP contribution in [0.3, 0.4) is 0 Å². The summed E-state index contributed by atoms with van der Waals surface area (Å²) in [6.07, 6.45) is 2.56. The Morgan fingerprint density at radius 3 is 2.00 bits per heavy atom. The molecule has 51 valence electrons. The van der Waals surface area contributed by atoms with Gasteiger partial charge in [0, 0.05) is 0 Å². The van der Waals surface area contributed by atoms with Crippen molar-refractivity contribution in [2.75, 3.05) is 0 Å². The predicted molar refractivity (Wildman–Crippen MR) is 41.6 cm³/mol. The summed E-state index contributed by atoms with van der Waals surface area (Å²) in [5, 5.41) is 0. The minimum absolute atomic E-state index is 0.650. The highest BCUT2D eigenvalue weighted by molar-refractivity contribution is 6.92. The van der Waals surface area contributed by atoms with Crippen molar-refractivity contribution in [2.24, 2.45) is 0 Å². The number of hydrogen-bond donors (Lipinski definition) is 0. The lowest BCUT2D eigenvalue weighted by Crippen LogP contribution is -2.33. The summed E-state index contributed by atoms with van der Waals surface area (Å²) in [6.45, 7) is 6.10. The third kappa shape index (κ3) is 1.41. The Morgan fingerprint density at radius 1 is 1.33 bits per heavy atom. The van der Waals surface area contributed by atoms with E-state index in [1.165, 1.54) is 12.8 Å². The van der Waals surface area contributed by atoms with Crippen LogP contribution in [0.1, 0.15) is 26.7 Å². The Bertz CT molecular complexity index is 89.1. The van der Waals surface area contributed by atoms with E-state index in [1.54, 1.807) is 6.83 Å². The van der Waals surface area contributed by atoms with E-state index in [9.17, 15) is 0 Å². The summed E-state index contributed by atoms with van der Waals surface area (Å²) in [6, 6.07) is 1.30. The molecule has 1 heterocycles. The van der Waals surface area contributed by atoms with Gasteiger partial charge < -0.3 is 4.81 Å². The maximum Gasteiger partial charge on any atom is 0.335 e. The fourth-order valence-electron chi connectivity index (χ4n) is 1.41. The van der Waals surface area contributed by atoms with Gasteiger partial charge in [0.2, 0.25) is 0 Å². The molecule has 0 amide bonds. The van der Waals surface area contributed by atoms with Crippen LogP contribution in [0, 0.1) is 0 Å². The highest BCUT2D eigenvalue weighted by atomic mass is 35.5. The van der Waals surface area contributed by atoms with Crippen LogP contribution in [0.4, 0.5) is 0 Å². The van der Waals surface area contributed by atoms with Crippen molar-refractivity contribution in [3.63, 3.8) is 0 Å². The Morgan fingerprint density at radius 2 is 1.78 bits per heavy atom. The van der Waals surface area contributed by atoms with Crippen LogP contribution in [0.25, 0.3) is 0 Å². The van der Waals surface area contributed by atoms with Crippen LogP contribution < -0.4 is 0 Å². The Kier molecular flexibility index (Phi) is 2.42. The van der Waals surface area contributed by atoms with Gasteiger partial charge in [0.1, 0.15) is 0 Å². The van der Waals surface area contributed by atoms with Crippen molar-refractivity contribution in [2.45, 2.75) is 38.8 Å². The van der Waals surface area contributed by atoms with Gasteiger partial charge in [-0.1, -0.05) is 13.8 Å². The molecular weight excluding hydrogens is 132 g/mol. The summed E-state index contributed by atoms with van der Waals surface area (Å²) in [5.41, 5.74) is 0. The molecule has 1 saturated heterocycles. The summed E-state index contributed by atoms with van der Waals surface area (Å²) in [5.74, 6) is 0. The van der Waals surface area contributed by atoms with Crippen LogP contribution >= 0.6 is 11.5 Å². The van der Waals surface area contributed by atoms with Gasteiger partial charge in [0.05, 0.1) is 0 Å². The monoisotopic (exact) mass is 144 g/mol. The molecule has 1 aliphatic heterocycles. The second-order valence-electron chi connectivity index (χ2n) is 2.82. The first-order chi connectivity index (χ1) is 4.25. The van der Waals surface area contributed by atoms with Gasteiger partial charge >= 0.3 is 6.83 Å². The van der Waals surface area contributed by atoms with Crippen LogP contribution in [0.15, 0.2) is 0 Å². The van der Waals surface area contributed by atoms with Gasteiger partial charge in [-0.25, -0.2) is 0 Å². The lowest BCUT2D eigenvalue weighted by Gasteiger charge is -2.21. The molecule has 1 radical (unpaired) electrons. The molecule has 0 spiro atoms. The van der Waals surface area contributed by atoms with Crippen LogP contribution in [-0.4, -0.2) is 23.7 Å². The average molecular weight is 144 g/mol. The SMILES string of the molecule is CC1CCC(C)N1[B]Cl. The lowest BCUT2D eigenvalue weighted by molar-refractivity contribution is 0.374.